The van der Waals surface area contributed by atoms with Crippen LogP contribution in [0.2, 0.25) is 0 Å². The molecule has 3 atom stereocenters. The number of nitrogens with zero attached hydrogens (tertiary/aromatic N) is 2. The molecule has 0 fully saturated rings. The molecule has 0 saturated heterocycles. The van der Waals surface area contributed by atoms with Crippen LogP contribution in [0, 0.1) is 17.2 Å². The number of nitriles is 1. The SMILES string of the molecule is CCN(CC)c1ccc(C2Nc3ccc(C#N)cc3C3C=CCC32)cc1. The molecular formula is C23H25N3. The lowest BCUT2D eigenvalue weighted by Crippen LogP contribution is -2.29. The molecule has 0 saturated carbocycles. The van der Waals surface area contributed by atoms with E-state index in [9.17, 15) is 5.26 Å². The molecule has 1 aliphatic carbocycles. The molecule has 132 valence electrons. The van der Waals surface area contributed by atoms with Gasteiger partial charge in [0, 0.05) is 30.4 Å². The van der Waals surface area contributed by atoms with Crippen LogP contribution in [0.3, 0.4) is 0 Å². The smallest absolute Gasteiger partial charge is 0.0991 e. The molecule has 26 heavy (non-hydrogen) atoms. The van der Waals surface area contributed by atoms with Gasteiger partial charge in [0.2, 0.25) is 0 Å². The minimum Gasteiger partial charge on any atom is -0.378 e. The summed E-state index contributed by atoms with van der Waals surface area (Å²) in [5.41, 5.74) is 5.80. The summed E-state index contributed by atoms with van der Waals surface area (Å²) < 4.78 is 0. The van der Waals surface area contributed by atoms with Crippen LogP contribution in [0.15, 0.2) is 54.6 Å². The minimum atomic E-state index is 0.307. The van der Waals surface area contributed by atoms with Crippen molar-refractivity contribution in [3.05, 3.63) is 71.3 Å². The van der Waals surface area contributed by atoms with Gasteiger partial charge in [-0.25, -0.2) is 0 Å². The maximum Gasteiger partial charge on any atom is 0.0991 e. The Morgan fingerprint density at radius 3 is 2.58 bits per heavy atom. The highest BCUT2D eigenvalue weighted by Crippen LogP contribution is 2.50. The fourth-order valence-electron chi connectivity index (χ4n) is 4.48. The van der Waals surface area contributed by atoms with Crippen LogP contribution in [0.5, 0.6) is 0 Å². The number of allylic oxidation sites excluding steroid dienone is 2. The Hall–Kier alpha value is -2.73. The van der Waals surface area contributed by atoms with Gasteiger partial charge in [-0.1, -0.05) is 24.3 Å². The largest absolute Gasteiger partial charge is 0.378 e. The van der Waals surface area contributed by atoms with Crippen LogP contribution in [0.4, 0.5) is 11.4 Å². The Labute approximate surface area is 156 Å². The van der Waals surface area contributed by atoms with Crippen molar-refractivity contribution in [3.8, 4) is 6.07 Å². The zero-order valence-corrected chi connectivity index (χ0v) is 15.4. The molecule has 2 aromatic carbocycles. The monoisotopic (exact) mass is 343 g/mol. The van der Waals surface area contributed by atoms with E-state index in [2.05, 4.69) is 78.7 Å². The second kappa shape index (κ2) is 6.88. The number of hydrogen-bond donors (Lipinski definition) is 1. The van der Waals surface area contributed by atoms with E-state index in [1.54, 1.807) is 0 Å². The van der Waals surface area contributed by atoms with Crippen LogP contribution in [0.1, 0.15) is 48.9 Å². The zero-order valence-electron chi connectivity index (χ0n) is 15.4. The highest BCUT2D eigenvalue weighted by molar-refractivity contribution is 5.62. The first-order valence-electron chi connectivity index (χ1n) is 9.57. The molecule has 0 amide bonds. The van der Waals surface area contributed by atoms with Gasteiger partial charge in [-0.2, -0.15) is 5.26 Å². The van der Waals surface area contributed by atoms with Crippen LogP contribution in [-0.4, -0.2) is 13.1 Å². The Balaban J connectivity index is 1.66. The normalized spacial score (nSPS) is 22.9. The van der Waals surface area contributed by atoms with E-state index < -0.39 is 0 Å². The van der Waals surface area contributed by atoms with Crippen LogP contribution in [0.25, 0.3) is 0 Å². The van der Waals surface area contributed by atoms with Gasteiger partial charge >= 0.3 is 0 Å². The van der Waals surface area contributed by atoms with Gasteiger partial charge < -0.3 is 10.2 Å². The minimum absolute atomic E-state index is 0.307. The van der Waals surface area contributed by atoms with E-state index in [4.69, 9.17) is 0 Å². The van der Waals surface area contributed by atoms with Crippen LogP contribution < -0.4 is 10.2 Å². The highest BCUT2D eigenvalue weighted by atomic mass is 15.1. The molecule has 3 unspecified atom stereocenters. The summed E-state index contributed by atoms with van der Waals surface area (Å²) in [6.07, 6.45) is 5.70. The van der Waals surface area contributed by atoms with Crippen LogP contribution >= 0.6 is 0 Å². The Bertz CT molecular complexity index is 856. The van der Waals surface area contributed by atoms with E-state index in [1.165, 1.54) is 16.8 Å². The lowest BCUT2D eigenvalue weighted by Gasteiger charge is -2.37. The number of fused-ring (bicyclic) bond motifs is 3. The molecular weight excluding hydrogens is 318 g/mol. The van der Waals surface area contributed by atoms with Crippen molar-refractivity contribution in [3.63, 3.8) is 0 Å². The molecule has 0 aromatic heterocycles. The molecule has 2 aromatic rings. The second-order valence-corrected chi connectivity index (χ2v) is 7.15. The van der Waals surface area contributed by atoms with E-state index in [0.29, 0.717) is 17.9 Å². The molecule has 2 aliphatic rings. The van der Waals surface area contributed by atoms with E-state index >= 15 is 0 Å². The first kappa shape index (κ1) is 16.7. The Kier molecular flexibility index (Phi) is 4.42. The number of nitrogens with one attached hydrogen (secondary N) is 1. The molecule has 1 aliphatic heterocycles. The molecule has 0 bridgehead atoms. The third kappa shape index (κ3) is 2.76. The molecule has 0 radical (unpaired) electrons. The summed E-state index contributed by atoms with van der Waals surface area (Å²) in [6, 6.07) is 17.6. The number of hydrogen-bond acceptors (Lipinski definition) is 3. The van der Waals surface area contributed by atoms with Crippen LogP contribution in [-0.2, 0) is 0 Å². The summed E-state index contributed by atoms with van der Waals surface area (Å²) >= 11 is 0. The maximum absolute atomic E-state index is 9.23. The topological polar surface area (TPSA) is 39.1 Å². The lowest BCUT2D eigenvalue weighted by molar-refractivity contribution is 0.425. The Morgan fingerprint density at radius 2 is 1.88 bits per heavy atom. The van der Waals surface area contributed by atoms with E-state index in [1.807, 2.05) is 6.07 Å². The lowest BCUT2D eigenvalue weighted by atomic mass is 9.76. The summed E-state index contributed by atoms with van der Waals surface area (Å²) in [7, 11) is 0. The summed E-state index contributed by atoms with van der Waals surface area (Å²) in [6.45, 7) is 6.45. The highest BCUT2D eigenvalue weighted by Gasteiger charge is 2.37. The van der Waals surface area contributed by atoms with Crippen molar-refractivity contribution >= 4 is 11.4 Å². The van der Waals surface area contributed by atoms with Crippen molar-refractivity contribution in [2.24, 2.45) is 5.92 Å². The Morgan fingerprint density at radius 1 is 1.12 bits per heavy atom. The van der Waals surface area contributed by atoms with Crippen molar-refractivity contribution in [2.45, 2.75) is 32.2 Å². The number of benzene rings is 2. The predicted molar refractivity (Wildman–Crippen MR) is 108 cm³/mol. The summed E-state index contributed by atoms with van der Waals surface area (Å²) in [5.74, 6) is 0.905. The van der Waals surface area contributed by atoms with Crippen molar-refractivity contribution in [1.82, 2.24) is 0 Å². The van der Waals surface area contributed by atoms with Gasteiger partial charge in [0.15, 0.2) is 0 Å². The fourth-order valence-corrected chi connectivity index (χ4v) is 4.48. The van der Waals surface area contributed by atoms with Gasteiger partial charge in [0.1, 0.15) is 0 Å². The quantitative estimate of drug-likeness (QED) is 0.773. The molecule has 1 N–H and O–H groups in total. The first-order chi connectivity index (χ1) is 12.7. The van der Waals surface area contributed by atoms with Gasteiger partial charge in [0.25, 0.3) is 0 Å². The molecule has 1 heterocycles. The third-order valence-electron chi connectivity index (χ3n) is 5.87. The van der Waals surface area contributed by atoms with Crippen molar-refractivity contribution < 1.29 is 0 Å². The fraction of sp³-hybridized carbons (Fsp3) is 0.348. The average molecular weight is 343 g/mol. The first-order valence-corrected chi connectivity index (χ1v) is 9.57. The standard InChI is InChI=1S/C23H25N3/c1-3-26(4-2)18-11-9-17(10-12-18)23-20-7-5-6-19(20)21-14-16(15-24)8-13-22(21)25-23/h5-6,8-14,19-20,23,25H,3-4,7H2,1-2H3. The van der Waals surface area contributed by atoms with Gasteiger partial charge in [-0.05, 0) is 67.6 Å². The van der Waals surface area contributed by atoms with E-state index in [0.717, 1.165) is 30.8 Å². The summed E-state index contributed by atoms with van der Waals surface area (Å²) in [4.78, 5) is 2.37. The average Bonchev–Trinajstić information content (AvgIpc) is 3.19. The number of anilines is 2. The van der Waals surface area contributed by atoms with E-state index in [-0.39, 0.29) is 0 Å². The van der Waals surface area contributed by atoms with Gasteiger partial charge in [-0.15, -0.1) is 0 Å². The number of rotatable bonds is 4. The maximum atomic E-state index is 9.23. The van der Waals surface area contributed by atoms with Crippen molar-refractivity contribution in [1.29, 1.82) is 5.26 Å². The zero-order chi connectivity index (χ0) is 18.1. The second-order valence-electron chi connectivity index (χ2n) is 7.15. The third-order valence-corrected chi connectivity index (χ3v) is 5.87. The molecule has 0 spiro atoms. The molecule has 3 nitrogen and oxygen atoms in total. The van der Waals surface area contributed by atoms with Gasteiger partial charge in [-0.3, -0.25) is 0 Å². The molecule has 3 heteroatoms. The summed E-state index contributed by atoms with van der Waals surface area (Å²) in [5, 5.41) is 13.0. The molecule has 4 rings (SSSR count). The van der Waals surface area contributed by atoms with Gasteiger partial charge in [0.05, 0.1) is 17.7 Å². The van der Waals surface area contributed by atoms with Crippen molar-refractivity contribution in [2.75, 3.05) is 23.3 Å². The predicted octanol–water partition coefficient (Wildman–Crippen LogP) is 5.23.